The van der Waals surface area contributed by atoms with Crippen molar-refractivity contribution in [3.05, 3.63) is 64.9 Å². The van der Waals surface area contributed by atoms with Gasteiger partial charge in [0.05, 0.1) is 23.0 Å². The Morgan fingerprint density at radius 2 is 2.00 bits per heavy atom. The van der Waals surface area contributed by atoms with Gasteiger partial charge in [-0.25, -0.2) is 4.98 Å². The van der Waals surface area contributed by atoms with Gasteiger partial charge in [0.1, 0.15) is 5.01 Å². The molecule has 24 heavy (non-hydrogen) atoms. The number of nitrogens with zero attached hydrogens (tertiary/aromatic N) is 2. The zero-order chi connectivity index (χ0) is 17.1. The van der Waals surface area contributed by atoms with E-state index in [4.69, 9.17) is 4.98 Å². The Hall–Kier alpha value is -2.40. The lowest BCUT2D eigenvalue weighted by atomic mass is 10.2. The molecule has 2 aromatic heterocycles. The van der Waals surface area contributed by atoms with E-state index in [-0.39, 0.29) is 11.9 Å². The Morgan fingerprint density at radius 1 is 1.25 bits per heavy atom. The molecule has 2 heterocycles. The molecular weight excluding hydrogens is 318 g/mol. The van der Waals surface area contributed by atoms with Gasteiger partial charge in [0.15, 0.2) is 0 Å². The van der Waals surface area contributed by atoms with Crippen molar-refractivity contribution in [3.8, 4) is 10.6 Å². The summed E-state index contributed by atoms with van der Waals surface area (Å²) in [6.45, 7) is 4.07. The number of carbonyl (C=O) groups is 1. The maximum absolute atomic E-state index is 12.5. The van der Waals surface area contributed by atoms with Crippen molar-refractivity contribution in [1.29, 1.82) is 0 Å². The summed E-state index contributed by atoms with van der Waals surface area (Å²) >= 11 is 1.66. The summed E-state index contributed by atoms with van der Waals surface area (Å²) in [5.41, 5.74) is 3.04. The number of aryl methyl sites for hydroxylation is 1. The van der Waals surface area contributed by atoms with Gasteiger partial charge in [-0.15, -0.1) is 11.3 Å². The minimum absolute atomic E-state index is 0.00224. The van der Waals surface area contributed by atoms with Crippen LogP contribution in [0.2, 0.25) is 0 Å². The minimum Gasteiger partial charge on any atom is -0.365 e. The molecule has 0 spiro atoms. The highest BCUT2D eigenvalue weighted by molar-refractivity contribution is 7.15. The third-order valence-electron chi connectivity index (χ3n) is 4.21. The van der Waals surface area contributed by atoms with Crippen LogP contribution in [-0.4, -0.2) is 27.8 Å². The van der Waals surface area contributed by atoms with E-state index in [9.17, 15) is 4.79 Å². The van der Waals surface area contributed by atoms with Crippen LogP contribution < -0.4 is 0 Å². The number of hydrogen-bond donors (Lipinski definition) is 1. The number of amides is 1. The molecule has 4 nitrogen and oxygen atoms in total. The second-order valence-corrected chi connectivity index (χ2v) is 6.92. The highest BCUT2D eigenvalue weighted by Gasteiger charge is 2.22. The van der Waals surface area contributed by atoms with Gasteiger partial charge >= 0.3 is 0 Å². The lowest BCUT2D eigenvalue weighted by Crippen LogP contribution is -2.31. The van der Waals surface area contributed by atoms with E-state index < -0.39 is 0 Å². The average Bonchev–Trinajstić information content (AvgIpc) is 3.24. The van der Waals surface area contributed by atoms with Gasteiger partial charge in [-0.2, -0.15) is 0 Å². The minimum atomic E-state index is 0.00224. The Balaban J connectivity index is 1.78. The number of benzene rings is 1. The van der Waals surface area contributed by atoms with Crippen LogP contribution in [0.1, 0.15) is 29.2 Å². The first kappa shape index (κ1) is 16.5. The van der Waals surface area contributed by atoms with E-state index in [1.165, 1.54) is 0 Å². The van der Waals surface area contributed by atoms with E-state index in [0.717, 1.165) is 26.8 Å². The highest BCUT2D eigenvalue weighted by Crippen LogP contribution is 2.33. The van der Waals surface area contributed by atoms with Crippen molar-refractivity contribution in [2.75, 3.05) is 7.05 Å². The largest absolute Gasteiger partial charge is 0.365 e. The van der Waals surface area contributed by atoms with Crippen molar-refractivity contribution in [3.63, 3.8) is 0 Å². The normalized spacial score (nSPS) is 12.1. The number of nitrogens with one attached hydrogen (secondary N) is 1. The second kappa shape index (κ2) is 7.01. The summed E-state index contributed by atoms with van der Waals surface area (Å²) < 4.78 is 0. The molecule has 0 aliphatic carbocycles. The zero-order valence-corrected chi connectivity index (χ0v) is 14.9. The Labute approximate surface area is 146 Å². The molecule has 0 saturated carbocycles. The van der Waals surface area contributed by atoms with E-state index in [0.29, 0.717) is 6.42 Å². The molecule has 0 fully saturated rings. The number of likely N-dealkylation sites (N-methyl/N-ethyl adjacent to an activating group) is 1. The number of aromatic nitrogens is 2. The Morgan fingerprint density at radius 3 is 2.67 bits per heavy atom. The number of thiazole rings is 1. The third-order valence-corrected chi connectivity index (χ3v) is 5.59. The van der Waals surface area contributed by atoms with Crippen molar-refractivity contribution >= 4 is 17.2 Å². The van der Waals surface area contributed by atoms with Gasteiger partial charge in [-0.3, -0.25) is 4.79 Å². The first-order chi connectivity index (χ1) is 11.6. The average molecular weight is 339 g/mol. The molecule has 1 amide bonds. The molecule has 1 aromatic carbocycles. The second-order valence-electron chi connectivity index (χ2n) is 5.89. The molecule has 0 bridgehead atoms. The number of rotatable bonds is 5. The summed E-state index contributed by atoms with van der Waals surface area (Å²) in [5.74, 6) is 0.0963. The molecule has 1 N–H and O–H groups in total. The first-order valence-electron chi connectivity index (χ1n) is 7.97. The van der Waals surface area contributed by atoms with Crippen LogP contribution in [0.25, 0.3) is 10.6 Å². The van der Waals surface area contributed by atoms with E-state index in [1.807, 2.05) is 50.5 Å². The summed E-state index contributed by atoms with van der Waals surface area (Å²) in [6.07, 6.45) is 2.22. The predicted octanol–water partition coefficient (Wildman–Crippen LogP) is 4.21. The van der Waals surface area contributed by atoms with Crippen molar-refractivity contribution in [1.82, 2.24) is 14.9 Å². The van der Waals surface area contributed by atoms with Crippen LogP contribution >= 0.6 is 11.3 Å². The smallest absolute Gasteiger partial charge is 0.228 e. The molecule has 0 radical (unpaired) electrons. The standard InChI is InChI=1S/C19H21N3OS/c1-13-18(24-19(21-13)15-8-5-4-6-9-15)14(2)22(3)17(23)12-16-10-7-11-20-16/h4-11,14,20H,12H2,1-3H3/t14-/m0/s1. The molecule has 3 aromatic rings. The molecule has 1 atom stereocenters. The van der Waals surface area contributed by atoms with E-state index >= 15 is 0 Å². The Kier molecular flexibility index (Phi) is 4.81. The molecule has 0 aliphatic heterocycles. The van der Waals surface area contributed by atoms with Crippen LogP contribution in [0.4, 0.5) is 0 Å². The maximum Gasteiger partial charge on any atom is 0.228 e. The van der Waals surface area contributed by atoms with Crippen molar-refractivity contribution in [2.45, 2.75) is 26.3 Å². The van der Waals surface area contributed by atoms with Crippen LogP contribution in [-0.2, 0) is 11.2 Å². The quantitative estimate of drug-likeness (QED) is 0.757. The maximum atomic E-state index is 12.5. The fourth-order valence-corrected chi connectivity index (χ4v) is 3.82. The van der Waals surface area contributed by atoms with Gasteiger partial charge in [-0.1, -0.05) is 30.3 Å². The SMILES string of the molecule is Cc1nc(-c2ccccc2)sc1[C@H](C)N(C)C(=O)Cc1ccc[nH]1. The molecule has 3 rings (SSSR count). The predicted molar refractivity (Wildman–Crippen MR) is 98.0 cm³/mol. The lowest BCUT2D eigenvalue weighted by molar-refractivity contribution is -0.131. The van der Waals surface area contributed by atoms with Crippen LogP contribution in [0.3, 0.4) is 0 Å². The number of carbonyl (C=O) groups excluding carboxylic acids is 1. The molecule has 0 unspecified atom stereocenters. The summed E-state index contributed by atoms with van der Waals surface area (Å²) in [7, 11) is 1.86. The summed E-state index contributed by atoms with van der Waals surface area (Å²) in [5, 5.41) is 1.00. The fraction of sp³-hybridized carbons (Fsp3) is 0.263. The molecule has 0 aliphatic rings. The number of H-pyrrole nitrogens is 1. The highest BCUT2D eigenvalue weighted by atomic mass is 32.1. The zero-order valence-electron chi connectivity index (χ0n) is 14.1. The monoisotopic (exact) mass is 339 g/mol. The van der Waals surface area contributed by atoms with Crippen LogP contribution in [0.15, 0.2) is 48.7 Å². The van der Waals surface area contributed by atoms with Crippen molar-refractivity contribution in [2.24, 2.45) is 0 Å². The van der Waals surface area contributed by atoms with E-state index in [2.05, 4.69) is 24.0 Å². The van der Waals surface area contributed by atoms with Gasteiger partial charge in [0.2, 0.25) is 5.91 Å². The van der Waals surface area contributed by atoms with Gasteiger partial charge in [-0.05, 0) is 26.0 Å². The first-order valence-corrected chi connectivity index (χ1v) is 8.78. The van der Waals surface area contributed by atoms with Crippen LogP contribution in [0, 0.1) is 6.92 Å². The fourth-order valence-electron chi connectivity index (χ4n) is 2.66. The van der Waals surface area contributed by atoms with E-state index in [1.54, 1.807) is 16.2 Å². The number of hydrogen-bond acceptors (Lipinski definition) is 3. The summed E-state index contributed by atoms with van der Waals surface area (Å²) in [6, 6.07) is 14.0. The lowest BCUT2D eigenvalue weighted by Gasteiger charge is -2.24. The van der Waals surface area contributed by atoms with Gasteiger partial charge < -0.3 is 9.88 Å². The molecule has 5 heteroatoms. The van der Waals surface area contributed by atoms with Gasteiger partial charge in [0.25, 0.3) is 0 Å². The Bertz CT molecular complexity index is 809. The van der Waals surface area contributed by atoms with Crippen molar-refractivity contribution < 1.29 is 4.79 Å². The number of aromatic amines is 1. The molecule has 124 valence electrons. The summed E-state index contributed by atoms with van der Waals surface area (Å²) in [4.78, 5) is 23.2. The third kappa shape index (κ3) is 3.41. The molecule has 0 saturated heterocycles. The van der Waals surface area contributed by atoms with Gasteiger partial charge in [0, 0.05) is 24.5 Å². The topological polar surface area (TPSA) is 49.0 Å². The molecular formula is C19H21N3OS. The van der Waals surface area contributed by atoms with Crippen LogP contribution in [0.5, 0.6) is 0 Å².